The topological polar surface area (TPSA) is 63.6 Å². The molecule has 4 heteroatoms. The van der Waals surface area contributed by atoms with Gasteiger partial charge in [0.1, 0.15) is 6.10 Å². The molecular weight excluding hydrogens is 376 g/mol. The van der Waals surface area contributed by atoms with Crippen LogP contribution in [0, 0.1) is 40.4 Å². The first-order chi connectivity index (χ1) is 14.1. The van der Waals surface area contributed by atoms with Crippen molar-refractivity contribution in [3.8, 4) is 0 Å². The molecule has 0 aliphatic heterocycles. The van der Waals surface area contributed by atoms with Gasteiger partial charge >= 0.3 is 11.9 Å². The quantitative estimate of drug-likeness (QED) is 0.441. The monoisotopic (exact) mass is 416 g/mol. The Bertz CT molecular complexity index is 727. The highest BCUT2D eigenvalue weighted by Gasteiger charge is 2.59. The molecule has 4 aliphatic carbocycles. The summed E-state index contributed by atoms with van der Waals surface area (Å²) < 4.78 is 5.57. The third-order valence-electron chi connectivity index (χ3n) is 9.97. The third-order valence-corrected chi connectivity index (χ3v) is 9.97. The van der Waals surface area contributed by atoms with Gasteiger partial charge in [0.2, 0.25) is 0 Å². The summed E-state index contributed by atoms with van der Waals surface area (Å²) in [5, 5.41) is 9.13. The number of hydrogen-bond acceptors (Lipinski definition) is 3. The number of esters is 1. The molecule has 3 fully saturated rings. The molecule has 30 heavy (non-hydrogen) atoms. The lowest BCUT2D eigenvalue weighted by Crippen LogP contribution is -2.51. The van der Waals surface area contributed by atoms with Crippen LogP contribution < -0.4 is 0 Å². The molecule has 0 saturated heterocycles. The van der Waals surface area contributed by atoms with E-state index in [1.54, 1.807) is 5.57 Å². The number of ether oxygens (including phenoxy) is 1. The first kappa shape index (κ1) is 21.9. The van der Waals surface area contributed by atoms with Gasteiger partial charge in [-0.2, -0.15) is 0 Å². The maximum absolute atomic E-state index is 11.4. The lowest BCUT2D eigenvalue weighted by molar-refractivity contribution is -0.148. The van der Waals surface area contributed by atoms with E-state index in [0.29, 0.717) is 23.7 Å². The second-order valence-electron chi connectivity index (χ2n) is 11.4. The van der Waals surface area contributed by atoms with Crippen molar-refractivity contribution in [2.24, 2.45) is 40.4 Å². The molecule has 0 aromatic rings. The maximum atomic E-state index is 11.4. The molecule has 4 rings (SSSR count). The number of fused-ring (bicyclic) bond motifs is 5. The van der Waals surface area contributed by atoms with Gasteiger partial charge in [-0.3, -0.25) is 9.59 Å². The van der Waals surface area contributed by atoms with Crippen LogP contribution in [0.5, 0.6) is 0 Å². The van der Waals surface area contributed by atoms with Gasteiger partial charge in [-0.1, -0.05) is 32.4 Å². The van der Waals surface area contributed by atoms with Gasteiger partial charge in [-0.05, 0) is 91.8 Å². The second-order valence-corrected chi connectivity index (χ2v) is 11.4. The Morgan fingerprint density at radius 2 is 1.93 bits per heavy atom. The zero-order chi connectivity index (χ0) is 21.7. The van der Waals surface area contributed by atoms with E-state index in [9.17, 15) is 9.59 Å². The van der Waals surface area contributed by atoms with Crippen LogP contribution in [0.3, 0.4) is 0 Å². The first-order valence-electron chi connectivity index (χ1n) is 12.2. The van der Waals surface area contributed by atoms with Gasteiger partial charge in [0.25, 0.3) is 0 Å². The Morgan fingerprint density at radius 3 is 2.63 bits per heavy atom. The number of carboxylic acid groups (broad SMARTS) is 1. The molecule has 0 bridgehead atoms. The molecule has 0 spiro atoms. The summed E-state index contributed by atoms with van der Waals surface area (Å²) in [6, 6.07) is 0. The number of carboxylic acids is 1. The Hall–Kier alpha value is -1.32. The standard InChI is InChI=1S/C26H40O4/c1-16(5-10-24(28)29)21-8-9-22-20-7-6-18-15-19(30-17(2)27)11-13-25(18,3)23(20)12-14-26(21,22)4/h6,16,19-23H,5,7-15H2,1-4H3,(H,28,29)/t16-,19+,20?,21?,22?,23?,25+,26-/m1/s1. The summed E-state index contributed by atoms with van der Waals surface area (Å²) in [4.78, 5) is 22.5. The molecule has 4 aliphatic rings. The summed E-state index contributed by atoms with van der Waals surface area (Å²) in [5.41, 5.74) is 2.19. The van der Waals surface area contributed by atoms with E-state index in [2.05, 4.69) is 26.8 Å². The fraction of sp³-hybridized carbons (Fsp3) is 0.846. The molecule has 3 saturated carbocycles. The zero-order valence-corrected chi connectivity index (χ0v) is 19.3. The van der Waals surface area contributed by atoms with Crippen LogP contribution in [-0.4, -0.2) is 23.1 Å². The third kappa shape index (κ3) is 3.62. The molecular formula is C26H40O4. The van der Waals surface area contributed by atoms with Crippen molar-refractivity contribution < 1.29 is 19.4 Å². The van der Waals surface area contributed by atoms with Crippen molar-refractivity contribution in [3.05, 3.63) is 11.6 Å². The molecule has 168 valence electrons. The van der Waals surface area contributed by atoms with Gasteiger partial charge in [0, 0.05) is 19.8 Å². The second kappa shape index (κ2) is 7.98. The highest BCUT2D eigenvalue weighted by molar-refractivity contribution is 5.66. The number of carbonyl (C=O) groups excluding carboxylic acids is 1. The number of hydrogen-bond donors (Lipinski definition) is 1. The molecule has 0 aromatic carbocycles. The number of aliphatic carboxylic acids is 1. The van der Waals surface area contributed by atoms with Gasteiger partial charge in [-0.15, -0.1) is 0 Å². The number of rotatable bonds is 5. The number of carbonyl (C=O) groups is 2. The van der Waals surface area contributed by atoms with Crippen LogP contribution in [-0.2, 0) is 14.3 Å². The first-order valence-corrected chi connectivity index (χ1v) is 12.2. The SMILES string of the molecule is CC(=O)O[C@H]1CC[C@@]2(C)C(=CCC3C4CCC([C@H](C)CCC(=O)O)[C@@]4(C)CCC32)C1. The predicted octanol–water partition coefficient (Wildman–Crippen LogP) is 6.00. The van der Waals surface area contributed by atoms with Crippen LogP contribution in [0.4, 0.5) is 0 Å². The lowest BCUT2D eigenvalue weighted by Gasteiger charge is -2.58. The smallest absolute Gasteiger partial charge is 0.303 e. The van der Waals surface area contributed by atoms with Crippen LogP contribution in [0.1, 0.15) is 91.9 Å². The van der Waals surface area contributed by atoms with Crippen molar-refractivity contribution in [2.45, 2.75) is 98.0 Å². The Balaban J connectivity index is 1.51. The average Bonchev–Trinajstić information content (AvgIpc) is 3.03. The Kier molecular flexibility index (Phi) is 5.83. The van der Waals surface area contributed by atoms with Gasteiger partial charge in [0.05, 0.1) is 0 Å². The predicted molar refractivity (Wildman–Crippen MR) is 117 cm³/mol. The van der Waals surface area contributed by atoms with E-state index in [4.69, 9.17) is 9.84 Å². The van der Waals surface area contributed by atoms with E-state index in [1.165, 1.54) is 39.0 Å². The molecule has 4 nitrogen and oxygen atoms in total. The van der Waals surface area contributed by atoms with Crippen molar-refractivity contribution in [1.82, 2.24) is 0 Å². The van der Waals surface area contributed by atoms with E-state index < -0.39 is 5.97 Å². The Labute approximate surface area is 181 Å². The maximum Gasteiger partial charge on any atom is 0.303 e. The molecule has 1 N–H and O–H groups in total. The largest absolute Gasteiger partial charge is 0.481 e. The molecule has 8 atom stereocenters. The number of allylic oxidation sites excluding steroid dienone is 1. The highest BCUT2D eigenvalue weighted by atomic mass is 16.5. The molecule has 0 radical (unpaired) electrons. The summed E-state index contributed by atoms with van der Waals surface area (Å²) in [5.74, 6) is 2.64. The molecule has 0 aromatic heterocycles. The van der Waals surface area contributed by atoms with Crippen LogP contribution in [0.15, 0.2) is 11.6 Å². The molecule has 4 unspecified atom stereocenters. The van der Waals surface area contributed by atoms with Crippen LogP contribution in [0.25, 0.3) is 0 Å². The summed E-state index contributed by atoms with van der Waals surface area (Å²) >= 11 is 0. The van der Waals surface area contributed by atoms with Crippen LogP contribution in [0.2, 0.25) is 0 Å². The summed E-state index contributed by atoms with van der Waals surface area (Å²) in [6.45, 7) is 8.84. The van der Waals surface area contributed by atoms with Crippen molar-refractivity contribution in [2.75, 3.05) is 0 Å². The molecule has 0 amide bonds. The van der Waals surface area contributed by atoms with Gasteiger partial charge < -0.3 is 9.84 Å². The van der Waals surface area contributed by atoms with E-state index in [0.717, 1.165) is 43.4 Å². The Morgan fingerprint density at radius 1 is 1.17 bits per heavy atom. The fourth-order valence-corrected chi connectivity index (χ4v) is 8.49. The summed E-state index contributed by atoms with van der Waals surface area (Å²) in [7, 11) is 0. The normalized spacial score (nSPS) is 43.6. The fourth-order valence-electron chi connectivity index (χ4n) is 8.49. The minimum atomic E-state index is -0.660. The minimum Gasteiger partial charge on any atom is -0.481 e. The van der Waals surface area contributed by atoms with Crippen molar-refractivity contribution >= 4 is 11.9 Å². The van der Waals surface area contributed by atoms with Crippen molar-refractivity contribution in [3.63, 3.8) is 0 Å². The minimum absolute atomic E-state index is 0.0678. The van der Waals surface area contributed by atoms with E-state index >= 15 is 0 Å². The highest BCUT2D eigenvalue weighted by Crippen LogP contribution is 2.67. The lowest BCUT2D eigenvalue weighted by atomic mass is 9.47. The van der Waals surface area contributed by atoms with Crippen LogP contribution >= 0.6 is 0 Å². The van der Waals surface area contributed by atoms with E-state index in [-0.39, 0.29) is 17.5 Å². The van der Waals surface area contributed by atoms with Gasteiger partial charge in [0.15, 0.2) is 0 Å². The van der Waals surface area contributed by atoms with Gasteiger partial charge in [-0.25, -0.2) is 0 Å². The average molecular weight is 417 g/mol. The molecule has 0 heterocycles. The summed E-state index contributed by atoms with van der Waals surface area (Å²) in [6.07, 6.45) is 13.1. The van der Waals surface area contributed by atoms with Crippen molar-refractivity contribution in [1.29, 1.82) is 0 Å². The van der Waals surface area contributed by atoms with E-state index in [1.807, 2.05) is 0 Å². The zero-order valence-electron chi connectivity index (χ0n) is 19.3.